The van der Waals surface area contributed by atoms with E-state index in [0.717, 1.165) is 46.4 Å². The molecule has 2 aromatic heterocycles. The first kappa shape index (κ1) is 20.2. The number of nitrogens with zero attached hydrogens (tertiary/aromatic N) is 3. The summed E-state index contributed by atoms with van der Waals surface area (Å²) in [5, 5.41) is 0.846. The number of aryl methyl sites for hydroxylation is 2. The summed E-state index contributed by atoms with van der Waals surface area (Å²) in [7, 11) is 4.06. The van der Waals surface area contributed by atoms with Gasteiger partial charge in [-0.2, -0.15) is 0 Å². The van der Waals surface area contributed by atoms with Gasteiger partial charge in [-0.15, -0.1) is 11.3 Å². The van der Waals surface area contributed by atoms with E-state index in [1.807, 2.05) is 55.1 Å². The normalized spacial score (nSPS) is 13.8. The standard InChI is InChI=1S/C26H27N3OS/c1-28(2)17-22-27-25-23(20-15-9-10-16-21(20)31-25)26(30)29(22)24(18-11-5-3-6-12-18)19-13-7-4-8-14-19/h3-8,11-14,24H,9-10,15-17H2,1-2H3. The van der Waals surface area contributed by atoms with Crippen molar-refractivity contribution in [2.45, 2.75) is 38.3 Å². The van der Waals surface area contributed by atoms with Crippen LogP contribution in [0.1, 0.15) is 46.3 Å². The molecule has 2 heterocycles. The van der Waals surface area contributed by atoms with Gasteiger partial charge in [0, 0.05) is 4.88 Å². The molecule has 4 nitrogen and oxygen atoms in total. The molecule has 0 saturated heterocycles. The van der Waals surface area contributed by atoms with E-state index in [1.165, 1.54) is 16.9 Å². The minimum absolute atomic E-state index is 0.0963. The molecule has 1 aliphatic carbocycles. The van der Waals surface area contributed by atoms with Crippen LogP contribution < -0.4 is 5.56 Å². The van der Waals surface area contributed by atoms with Crippen LogP contribution in [0, 0.1) is 0 Å². The number of thiophene rings is 1. The Balaban J connectivity index is 1.83. The number of hydrogen-bond acceptors (Lipinski definition) is 4. The van der Waals surface area contributed by atoms with E-state index in [9.17, 15) is 4.79 Å². The highest BCUT2D eigenvalue weighted by Crippen LogP contribution is 2.35. The molecule has 0 spiro atoms. The third-order valence-corrected chi connectivity index (χ3v) is 7.23. The van der Waals surface area contributed by atoms with Crippen LogP contribution in [-0.2, 0) is 19.4 Å². The van der Waals surface area contributed by atoms with Gasteiger partial charge in [0.15, 0.2) is 0 Å². The van der Waals surface area contributed by atoms with Crippen LogP contribution in [0.25, 0.3) is 10.2 Å². The average Bonchev–Trinajstić information content (AvgIpc) is 3.15. The maximum atomic E-state index is 14.2. The molecule has 0 N–H and O–H groups in total. The van der Waals surface area contributed by atoms with Crippen molar-refractivity contribution in [2.24, 2.45) is 0 Å². The number of aromatic nitrogens is 2. The van der Waals surface area contributed by atoms with Crippen molar-refractivity contribution >= 4 is 21.6 Å². The highest BCUT2D eigenvalue weighted by molar-refractivity contribution is 7.18. The van der Waals surface area contributed by atoms with Gasteiger partial charge in [0.25, 0.3) is 5.56 Å². The smallest absolute Gasteiger partial charge is 0.263 e. The minimum atomic E-state index is -0.208. The Morgan fingerprint density at radius 2 is 1.58 bits per heavy atom. The largest absolute Gasteiger partial charge is 0.302 e. The van der Waals surface area contributed by atoms with E-state index >= 15 is 0 Å². The fourth-order valence-corrected chi connectivity index (χ4v) is 5.95. The lowest BCUT2D eigenvalue weighted by Gasteiger charge is -2.25. The number of rotatable bonds is 5. The third-order valence-electron chi connectivity index (χ3n) is 6.04. The monoisotopic (exact) mass is 429 g/mol. The molecule has 158 valence electrons. The van der Waals surface area contributed by atoms with Crippen molar-refractivity contribution in [2.75, 3.05) is 14.1 Å². The maximum absolute atomic E-state index is 14.2. The zero-order valence-corrected chi connectivity index (χ0v) is 18.9. The van der Waals surface area contributed by atoms with Crippen molar-refractivity contribution < 1.29 is 0 Å². The zero-order chi connectivity index (χ0) is 21.4. The summed E-state index contributed by atoms with van der Waals surface area (Å²) in [6, 6.07) is 20.4. The summed E-state index contributed by atoms with van der Waals surface area (Å²) in [6.45, 7) is 0.615. The second-order valence-corrected chi connectivity index (χ2v) is 9.64. The Kier molecular flexibility index (Phi) is 5.47. The first-order chi connectivity index (χ1) is 15.1. The summed E-state index contributed by atoms with van der Waals surface area (Å²) >= 11 is 1.72. The van der Waals surface area contributed by atoms with Crippen LogP contribution in [0.15, 0.2) is 65.5 Å². The van der Waals surface area contributed by atoms with Crippen molar-refractivity contribution in [3.63, 3.8) is 0 Å². The van der Waals surface area contributed by atoms with Gasteiger partial charge in [-0.1, -0.05) is 60.7 Å². The second kappa shape index (κ2) is 8.40. The summed E-state index contributed by atoms with van der Waals surface area (Å²) in [5.41, 5.74) is 3.54. The fourth-order valence-electron chi connectivity index (χ4n) is 4.68. The Labute approximate surface area is 186 Å². The summed E-state index contributed by atoms with van der Waals surface area (Å²) in [5.74, 6) is 0.818. The van der Waals surface area contributed by atoms with Crippen LogP contribution in [0.4, 0.5) is 0 Å². The molecular weight excluding hydrogens is 402 g/mol. The molecule has 5 rings (SSSR count). The molecule has 4 aromatic rings. The molecule has 31 heavy (non-hydrogen) atoms. The summed E-state index contributed by atoms with van der Waals surface area (Å²) in [6.07, 6.45) is 4.41. The van der Waals surface area contributed by atoms with Crippen molar-refractivity contribution in [1.29, 1.82) is 0 Å². The van der Waals surface area contributed by atoms with Gasteiger partial charge in [-0.25, -0.2) is 4.98 Å². The van der Waals surface area contributed by atoms with E-state index in [0.29, 0.717) is 6.54 Å². The molecular formula is C26H27N3OS. The minimum Gasteiger partial charge on any atom is -0.302 e. The van der Waals surface area contributed by atoms with Crippen LogP contribution in [0.2, 0.25) is 0 Å². The molecule has 0 atom stereocenters. The highest BCUT2D eigenvalue weighted by Gasteiger charge is 2.27. The highest BCUT2D eigenvalue weighted by atomic mass is 32.1. The molecule has 0 bridgehead atoms. The van der Waals surface area contributed by atoms with Crippen molar-refractivity contribution in [1.82, 2.24) is 14.5 Å². The van der Waals surface area contributed by atoms with Gasteiger partial charge in [-0.3, -0.25) is 9.36 Å². The van der Waals surface area contributed by atoms with Gasteiger partial charge in [0.05, 0.1) is 18.0 Å². The lowest BCUT2D eigenvalue weighted by atomic mass is 9.96. The molecule has 2 aromatic carbocycles. The predicted molar refractivity (Wildman–Crippen MR) is 128 cm³/mol. The first-order valence-corrected chi connectivity index (χ1v) is 11.8. The first-order valence-electron chi connectivity index (χ1n) is 10.9. The lowest BCUT2D eigenvalue weighted by Crippen LogP contribution is -2.32. The SMILES string of the molecule is CN(C)Cc1nc2sc3c(c2c(=O)n1C(c1ccccc1)c1ccccc1)CCCC3. The Morgan fingerprint density at radius 3 is 2.19 bits per heavy atom. The van der Waals surface area contributed by atoms with Crippen LogP contribution in [-0.4, -0.2) is 28.5 Å². The second-order valence-electron chi connectivity index (χ2n) is 8.56. The fraction of sp³-hybridized carbons (Fsp3) is 0.308. The van der Waals surface area contributed by atoms with E-state index < -0.39 is 0 Å². The van der Waals surface area contributed by atoms with Crippen molar-refractivity contribution in [3.05, 3.63) is 98.4 Å². The Hall–Kier alpha value is -2.76. The topological polar surface area (TPSA) is 38.1 Å². The molecule has 0 unspecified atom stereocenters. The van der Waals surface area contributed by atoms with Gasteiger partial charge in [0.2, 0.25) is 0 Å². The molecule has 1 aliphatic rings. The molecule has 0 saturated carbocycles. The summed E-state index contributed by atoms with van der Waals surface area (Å²) in [4.78, 5) is 23.6. The molecule has 0 fully saturated rings. The average molecular weight is 430 g/mol. The Bertz CT molecular complexity index is 1220. The van der Waals surface area contributed by atoms with Crippen LogP contribution in [0.3, 0.4) is 0 Å². The van der Waals surface area contributed by atoms with Gasteiger partial charge in [0.1, 0.15) is 10.7 Å². The van der Waals surface area contributed by atoms with E-state index in [4.69, 9.17) is 4.98 Å². The predicted octanol–water partition coefficient (Wildman–Crippen LogP) is 5.04. The molecule has 0 aliphatic heterocycles. The van der Waals surface area contributed by atoms with E-state index in [1.54, 1.807) is 11.3 Å². The maximum Gasteiger partial charge on any atom is 0.263 e. The van der Waals surface area contributed by atoms with Crippen LogP contribution >= 0.6 is 11.3 Å². The molecule has 0 radical (unpaired) electrons. The van der Waals surface area contributed by atoms with Gasteiger partial charge < -0.3 is 4.90 Å². The number of benzene rings is 2. The van der Waals surface area contributed by atoms with Crippen LogP contribution in [0.5, 0.6) is 0 Å². The molecule has 5 heteroatoms. The Morgan fingerprint density at radius 1 is 0.968 bits per heavy atom. The molecule has 0 amide bonds. The summed E-state index contributed by atoms with van der Waals surface area (Å²) < 4.78 is 1.95. The van der Waals surface area contributed by atoms with E-state index in [2.05, 4.69) is 29.2 Å². The quantitative estimate of drug-likeness (QED) is 0.446. The lowest BCUT2D eigenvalue weighted by molar-refractivity contribution is 0.374. The third kappa shape index (κ3) is 3.73. The van der Waals surface area contributed by atoms with Gasteiger partial charge in [-0.05, 0) is 56.5 Å². The number of hydrogen-bond donors (Lipinski definition) is 0. The van der Waals surface area contributed by atoms with E-state index in [-0.39, 0.29) is 11.6 Å². The number of fused-ring (bicyclic) bond motifs is 3. The van der Waals surface area contributed by atoms with Crippen molar-refractivity contribution in [3.8, 4) is 0 Å². The van der Waals surface area contributed by atoms with Gasteiger partial charge >= 0.3 is 0 Å². The zero-order valence-electron chi connectivity index (χ0n) is 18.0.